The molecule has 174 valence electrons. The van der Waals surface area contributed by atoms with Gasteiger partial charge in [0, 0.05) is 10.7 Å². The molecule has 3 rings (SSSR count). The second kappa shape index (κ2) is 10.6. The first-order valence-corrected chi connectivity index (χ1v) is 10.9. The maximum Gasteiger partial charge on any atom is 0.329 e. The van der Waals surface area contributed by atoms with Crippen LogP contribution in [0.3, 0.4) is 0 Å². The van der Waals surface area contributed by atoms with Gasteiger partial charge in [-0.25, -0.2) is 9.69 Å². The van der Waals surface area contributed by atoms with Crippen LogP contribution in [0.4, 0.5) is 10.5 Å². The van der Waals surface area contributed by atoms with Crippen molar-refractivity contribution in [3.63, 3.8) is 0 Å². The number of carbonyl (C=O) groups is 3. The van der Waals surface area contributed by atoms with Crippen molar-refractivity contribution in [3.05, 3.63) is 57.7 Å². The summed E-state index contributed by atoms with van der Waals surface area (Å²) < 4.78 is 11.2. The topological polar surface area (TPSA) is 97.0 Å². The van der Waals surface area contributed by atoms with E-state index in [1.807, 2.05) is 13.8 Å². The lowest BCUT2D eigenvalue weighted by atomic mass is 10.1. The van der Waals surface area contributed by atoms with Crippen molar-refractivity contribution in [1.29, 1.82) is 0 Å². The molecule has 0 aromatic heterocycles. The van der Waals surface area contributed by atoms with E-state index in [1.165, 1.54) is 13.2 Å². The van der Waals surface area contributed by atoms with Crippen LogP contribution in [0.1, 0.15) is 25.8 Å². The Kier molecular flexibility index (Phi) is 7.84. The summed E-state index contributed by atoms with van der Waals surface area (Å²) in [7, 11) is 1.48. The van der Waals surface area contributed by atoms with Gasteiger partial charge in [-0.1, -0.05) is 30.1 Å². The Morgan fingerprint density at radius 3 is 2.55 bits per heavy atom. The number of carbonyl (C=O) groups excluding carboxylic acids is 3. The molecule has 2 aromatic rings. The first-order valence-electron chi connectivity index (χ1n) is 10.2. The molecule has 4 amide bonds. The van der Waals surface area contributed by atoms with Crippen LogP contribution in [0.2, 0.25) is 10.0 Å². The van der Waals surface area contributed by atoms with E-state index in [4.69, 9.17) is 32.7 Å². The standard InChI is InChI=1S/C23H23Cl2N3O5/c1-4-13(2)33-21-17(25)9-14(11-19(21)32-3)10-18-22(30)28(23(31)27-18)12-20(29)26-16-7-5-15(24)6-8-16/h5-11,13H,4,12H2,1-3H3,(H,26,29)(H,27,31)/b18-10-. The van der Waals surface area contributed by atoms with Crippen LogP contribution >= 0.6 is 23.2 Å². The normalized spacial score (nSPS) is 15.4. The van der Waals surface area contributed by atoms with Crippen LogP contribution < -0.4 is 20.1 Å². The summed E-state index contributed by atoms with van der Waals surface area (Å²) in [6, 6.07) is 9.00. The molecule has 1 unspecified atom stereocenters. The molecule has 1 saturated heterocycles. The molecule has 1 aliphatic rings. The monoisotopic (exact) mass is 491 g/mol. The van der Waals surface area contributed by atoms with Crippen molar-refractivity contribution in [3.8, 4) is 11.5 Å². The molecule has 33 heavy (non-hydrogen) atoms. The van der Waals surface area contributed by atoms with Gasteiger partial charge in [-0.3, -0.25) is 9.59 Å². The fourth-order valence-corrected chi connectivity index (χ4v) is 3.37. The van der Waals surface area contributed by atoms with Crippen LogP contribution in [-0.2, 0) is 9.59 Å². The van der Waals surface area contributed by atoms with E-state index < -0.39 is 24.4 Å². The fourth-order valence-electron chi connectivity index (χ4n) is 2.98. The van der Waals surface area contributed by atoms with E-state index in [0.29, 0.717) is 32.8 Å². The summed E-state index contributed by atoms with van der Waals surface area (Å²) in [4.78, 5) is 38.2. The van der Waals surface area contributed by atoms with Gasteiger partial charge in [0.15, 0.2) is 11.5 Å². The molecule has 10 heteroatoms. The van der Waals surface area contributed by atoms with Crippen molar-refractivity contribution in [2.75, 3.05) is 19.0 Å². The van der Waals surface area contributed by atoms with Crippen molar-refractivity contribution in [1.82, 2.24) is 10.2 Å². The Hall–Kier alpha value is -3.23. The van der Waals surface area contributed by atoms with E-state index >= 15 is 0 Å². The number of hydrogen-bond donors (Lipinski definition) is 2. The number of urea groups is 1. The number of rotatable bonds is 8. The molecule has 2 N–H and O–H groups in total. The Morgan fingerprint density at radius 2 is 1.91 bits per heavy atom. The summed E-state index contributed by atoms with van der Waals surface area (Å²) in [5.74, 6) is -0.372. The van der Waals surface area contributed by atoms with Crippen LogP contribution in [0, 0.1) is 0 Å². The SMILES string of the molecule is CCC(C)Oc1c(Cl)cc(/C=C2\NC(=O)N(CC(=O)Nc3ccc(Cl)cc3)C2=O)cc1OC. The summed E-state index contributed by atoms with van der Waals surface area (Å²) in [5, 5.41) is 5.91. The van der Waals surface area contributed by atoms with Crippen LogP contribution in [0.5, 0.6) is 11.5 Å². The van der Waals surface area contributed by atoms with Gasteiger partial charge in [0.05, 0.1) is 18.2 Å². The number of nitrogens with zero attached hydrogens (tertiary/aromatic N) is 1. The number of imide groups is 1. The maximum absolute atomic E-state index is 12.7. The van der Waals surface area contributed by atoms with E-state index in [2.05, 4.69) is 10.6 Å². The molecule has 2 aromatic carbocycles. The molecule has 0 aliphatic carbocycles. The second-order valence-electron chi connectivity index (χ2n) is 7.31. The number of nitrogens with one attached hydrogen (secondary N) is 2. The number of methoxy groups -OCH3 is 1. The van der Waals surface area contributed by atoms with Crippen LogP contribution in [0.25, 0.3) is 6.08 Å². The third kappa shape index (κ3) is 5.97. The smallest absolute Gasteiger partial charge is 0.329 e. The highest BCUT2D eigenvalue weighted by atomic mass is 35.5. The van der Waals surface area contributed by atoms with Gasteiger partial charge in [0.2, 0.25) is 5.91 Å². The zero-order valence-electron chi connectivity index (χ0n) is 18.3. The Balaban J connectivity index is 1.75. The number of benzene rings is 2. The van der Waals surface area contributed by atoms with Crippen LogP contribution in [0.15, 0.2) is 42.1 Å². The van der Waals surface area contributed by atoms with E-state index in [0.717, 1.165) is 11.3 Å². The Labute approximate surface area is 201 Å². The van der Waals surface area contributed by atoms with Gasteiger partial charge in [0.1, 0.15) is 12.2 Å². The molecule has 0 saturated carbocycles. The van der Waals surface area contributed by atoms with E-state index in [-0.39, 0.29) is 11.8 Å². The lowest BCUT2D eigenvalue weighted by molar-refractivity contribution is -0.127. The highest BCUT2D eigenvalue weighted by Gasteiger charge is 2.35. The fraction of sp³-hybridized carbons (Fsp3) is 0.261. The average molecular weight is 492 g/mol. The number of amides is 4. The Morgan fingerprint density at radius 1 is 1.21 bits per heavy atom. The quantitative estimate of drug-likeness (QED) is 0.411. The molecule has 8 nitrogen and oxygen atoms in total. The van der Waals surface area contributed by atoms with Gasteiger partial charge >= 0.3 is 6.03 Å². The number of halogens is 2. The van der Waals surface area contributed by atoms with Crippen LogP contribution in [-0.4, -0.2) is 42.5 Å². The number of anilines is 1. The lowest BCUT2D eigenvalue weighted by Crippen LogP contribution is -2.38. The molecule has 1 heterocycles. The average Bonchev–Trinajstić information content (AvgIpc) is 3.04. The molecule has 1 fully saturated rings. The lowest BCUT2D eigenvalue weighted by Gasteiger charge is -2.17. The zero-order chi connectivity index (χ0) is 24.1. The van der Waals surface area contributed by atoms with Gasteiger partial charge < -0.3 is 20.1 Å². The molecule has 1 aliphatic heterocycles. The highest BCUT2D eigenvalue weighted by molar-refractivity contribution is 6.32. The van der Waals surface area contributed by atoms with E-state index in [1.54, 1.807) is 36.4 Å². The minimum absolute atomic E-state index is 0.00741. The summed E-state index contributed by atoms with van der Waals surface area (Å²) >= 11 is 12.2. The first kappa shape index (κ1) is 24.4. The van der Waals surface area contributed by atoms with Crippen molar-refractivity contribution in [2.24, 2.45) is 0 Å². The van der Waals surface area contributed by atoms with Gasteiger partial charge in [-0.2, -0.15) is 0 Å². The predicted molar refractivity (Wildman–Crippen MR) is 127 cm³/mol. The summed E-state index contributed by atoms with van der Waals surface area (Å²) in [6.07, 6.45) is 2.18. The van der Waals surface area contributed by atoms with Crippen molar-refractivity contribution >= 4 is 52.8 Å². The van der Waals surface area contributed by atoms with Gasteiger partial charge in [0.25, 0.3) is 5.91 Å². The highest BCUT2D eigenvalue weighted by Crippen LogP contribution is 2.38. The Bertz CT molecular complexity index is 1100. The maximum atomic E-state index is 12.7. The minimum Gasteiger partial charge on any atom is -0.493 e. The summed E-state index contributed by atoms with van der Waals surface area (Å²) in [5.41, 5.74) is 1.02. The second-order valence-corrected chi connectivity index (χ2v) is 8.15. The molecule has 0 spiro atoms. The molecule has 0 radical (unpaired) electrons. The molecule has 1 atom stereocenters. The van der Waals surface area contributed by atoms with Gasteiger partial charge in [-0.05, 0) is 61.4 Å². The number of hydrogen-bond acceptors (Lipinski definition) is 5. The minimum atomic E-state index is -0.702. The zero-order valence-corrected chi connectivity index (χ0v) is 19.8. The molecular weight excluding hydrogens is 469 g/mol. The summed E-state index contributed by atoms with van der Waals surface area (Å²) in [6.45, 7) is 3.45. The number of ether oxygens (including phenoxy) is 2. The van der Waals surface area contributed by atoms with Gasteiger partial charge in [-0.15, -0.1) is 0 Å². The predicted octanol–water partition coefficient (Wildman–Crippen LogP) is 4.71. The molecular formula is C23H23Cl2N3O5. The first-order chi connectivity index (χ1) is 15.7. The largest absolute Gasteiger partial charge is 0.493 e. The molecule has 0 bridgehead atoms. The third-order valence-electron chi connectivity index (χ3n) is 4.85. The third-order valence-corrected chi connectivity index (χ3v) is 5.38. The van der Waals surface area contributed by atoms with Crippen molar-refractivity contribution < 1.29 is 23.9 Å². The van der Waals surface area contributed by atoms with E-state index in [9.17, 15) is 14.4 Å². The van der Waals surface area contributed by atoms with Crippen molar-refractivity contribution in [2.45, 2.75) is 26.4 Å².